The van der Waals surface area contributed by atoms with Crippen molar-refractivity contribution >= 4 is 10.0 Å². The Bertz CT molecular complexity index is 571. The largest absolute Gasteiger partial charge is 0.376 e. The Morgan fingerprint density at radius 2 is 2.00 bits per heavy atom. The first kappa shape index (κ1) is 16.4. The highest BCUT2D eigenvalue weighted by Crippen LogP contribution is 2.27. The van der Waals surface area contributed by atoms with Crippen LogP contribution in [0.5, 0.6) is 0 Å². The maximum absolute atomic E-state index is 12.5. The number of hydrogen-bond acceptors (Lipinski definition) is 4. The first-order chi connectivity index (χ1) is 9.87. The second kappa shape index (κ2) is 6.44. The van der Waals surface area contributed by atoms with Crippen molar-refractivity contribution in [3.8, 4) is 0 Å². The van der Waals surface area contributed by atoms with E-state index in [4.69, 9.17) is 4.74 Å². The maximum atomic E-state index is 12.5. The minimum Gasteiger partial charge on any atom is -0.376 e. The summed E-state index contributed by atoms with van der Waals surface area (Å²) in [6, 6.07) is 7.06. The molecule has 1 aromatic rings. The molecule has 5 nitrogen and oxygen atoms in total. The molecule has 1 saturated heterocycles. The normalized spacial score (nSPS) is 26.1. The summed E-state index contributed by atoms with van der Waals surface area (Å²) in [4.78, 5) is 0.302. The number of sulfonamides is 1. The summed E-state index contributed by atoms with van der Waals surface area (Å²) in [5, 5.41) is 3.07. The molecule has 0 spiro atoms. The van der Waals surface area contributed by atoms with Gasteiger partial charge in [-0.1, -0.05) is 12.1 Å². The number of rotatable bonds is 6. The predicted octanol–water partition coefficient (Wildman–Crippen LogP) is 1.29. The Hall–Kier alpha value is -0.950. The van der Waals surface area contributed by atoms with Gasteiger partial charge in [-0.15, -0.1) is 0 Å². The number of benzene rings is 1. The quantitative estimate of drug-likeness (QED) is 0.831. The summed E-state index contributed by atoms with van der Waals surface area (Å²) in [6.45, 7) is 5.25. The Kier molecular flexibility index (Phi) is 5.03. The second-order valence-electron chi connectivity index (χ2n) is 5.78. The molecule has 21 heavy (non-hydrogen) atoms. The van der Waals surface area contributed by atoms with Gasteiger partial charge in [-0.3, -0.25) is 0 Å². The minimum absolute atomic E-state index is 0.123. The van der Waals surface area contributed by atoms with Crippen molar-refractivity contribution in [3.05, 3.63) is 29.8 Å². The summed E-state index contributed by atoms with van der Waals surface area (Å²) in [5.41, 5.74) is 0.580. The Balaban J connectivity index is 2.12. The van der Waals surface area contributed by atoms with E-state index in [1.807, 2.05) is 33.0 Å². The van der Waals surface area contributed by atoms with Crippen LogP contribution in [0.2, 0.25) is 0 Å². The van der Waals surface area contributed by atoms with Gasteiger partial charge < -0.3 is 10.1 Å². The lowest BCUT2D eigenvalue weighted by Crippen LogP contribution is -2.50. The SMILES string of the molecule is CNCCc1ccc(S(=O)(=O)NC2(C)CCOC2C)cc1. The van der Waals surface area contributed by atoms with Crippen LogP contribution in [0.3, 0.4) is 0 Å². The Labute approximate surface area is 127 Å². The fourth-order valence-corrected chi connectivity index (χ4v) is 3.93. The molecular formula is C15H24N2O3S. The van der Waals surface area contributed by atoms with Gasteiger partial charge in [-0.2, -0.15) is 0 Å². The van der Waals surface area contributed by atoms with Crippen molar-refractivity contribution in [2.24, 2.45) is 0 Å². The molecule has 0 aliphatic carbocycles. The van der Waals surface area contributed by atoms with E-state index >= 15 is 0 Å². The monoisotopic (exact) mass is 312 g/mol. The summed E-state index contributed by atoms with van der Waals surface area (Å²) in [6.07, 6.45) is 1.45. The van der Waals surface area contributed by atoms with Crippen LogP contribution in [0, 0.1) is 0 Å². The molecule has 6 heteroatoms. The van der Waals surface area contributed by atoms with Gasteiger partial charge in [-0.25, -0.2) is 13.1 Å². The average Bonchev–Trinajstić information content (AvgIpc) is 2.75. The Morgan fingerprint density at radius 3 is 2.52 bits per heavy atom. The fourth-order valence-electron chi connectivity index (χ4n) is 2.44. The third-order valence-electron chi connectivity index (χ3n) is 4.15. The van der Waals surface area contributed by atoms with Crippen LogP contribution in [0.15, 0.2) is 29.2 Å². The first-order valence-corrected chi connectivity index (χ1v) is 8.75. The fraction of sp³-hybridized carbons (Fsp3) is 0.600. The van der Waals surface area contributed by atoms with Gasteiger partial charge in [0.05, 0.1) is 16.5 Å². The van der Waals surface area contributed by atoms with E-state index in [1.165, 1.54) is 0 Å². The van der Waals surface area contributed by atoms with Crippen molar-refractivity contribution < 1.29 is 13.2 Å². The summed E-state index contributed by atoms with van der Waals surface area (Å²) < 4.78 is 33.2. The lowest BCUT2D eigenvalue weighted by molar-refractivity contribution is 0.0957. The molecule has 1 fully saturated rings. The van der Waals surface area contributed by atoms with Crippen LogP contribution < -0.4 is 10.0 Å². The van der Waals surface area contributed by atoms with E-state index in [9.17, 15) is 8.42 Å². The van der Waals surface area contributed by atoms with E-state index in [0.29, 0.717) is 17.9 Å². The number of ether oxygens (including phenoxy) is 1. The van der Waals surface area contributed by atoms with Crippen molar-refractivity contribution in [1.82, 2.24) is 10.0 Å². The van der Waals surface area contributed by atoms with Gasteiger partial charge in [0.25, 0.3) is 0 Å². The van der Waals surface area contributed by atoms with Crippen molar-refractivity contribution in [3.63, 3.8) is 0 Å². The topological polar surface area (TPSA) is 67.4 Å². The molecule has 2 rings (SSSR count). The van der Waals surface area contributed by atoms with Crippen LogP contribution in [0.1, 0.15) is 25.8 Å². The molecule has 1 aromatic carbocycles. The molecule has 0 amide bonds. The molecule has 1 heterocycles. The molecule has 0 radical (unpaired) electrons. The third kappa shape index (κ3) is 3.83. The highest BCUT2D eigenvalue weighted by molar-refractivity contribution is 7.89. The Morgan fingerprint density at radius 1 is 1.33 bits per heavy atom. The number of nitrogens with one attached hydrogen (secondary N) is 2. The zero-order chi connectivity index (χ0) is 15.5. The third-order valence-corrected chi connectivity index (χ3v) is 5.78. The molecule has 0 bridgehead atoms. The highest BCUT2D eigenvalue weighted by Gasteiger charge is 2.40. The van der Waals surface area contributed by atoms with Gasteiger partial charge in [0.15, 0.2) is 0 Å². The van der Waals surface area contributed by atoms with Gasteiger partial charge in [0.1, 0.15) is 0 Å². The zero-order valence-electron chi connectivity index (χ0n) is 12.8. The van der Waals surface area contributed by atoms with Crippen LogP contribution in [-0.4, -0.2) is 40.3 Å². The summed E-state index contributed by atoms with van der Waals surface area (Å²) in [7, 11) is -1.62. The van der Waals surface area contributed by atoms with Gasteiger partial charge in [0, 0.05) is 6.61 Å². The van der Waals surface area contributed by atoms with E-state index in [1.54, 1.807) is 12.1 Å². The molecule has 1 aliphatic rings. The van der Waals surface area contributed by atoms with Crippen LogP contribution in [0.4, 0.5) is 0 Å². The van der Waals surface area contributed by atoms with E-state index < -0.39 is 15.6 Å². The maximum Gasteiger partial charge on any atom is 0.241 e. The zero-order valence-corrected chi connectivity index (χ0v) is 13.7. The lowest BCUT2D eigenvalue weighted by Gasteiger charge is -2.28. The molecule has 0 aromatic heterocycles. The van der Waals surface area contributed by atoms with Gasteiger partial charge >= 0.3 is 0 Å². The predicted molar refractivity (Wildman–Crippen MR) is 82.8 cm³/mol. The van der Waals surface area contributed by atoms with Gasteiger partial charge in [-0.05, 0) is 58.0 Å². The first-order valence-electron chi connectivity index (χ1n) is 7.26. The van der Waals surface area contributed by atoms with Crippen LogP contribution in [-0.2, 0) is 21.2 Å². The summed E-state index contributed by atoms with van der Waals surface area (Å²) >= 11 is 0. The second-order valence-corrected chi connectivity index (χ2v) is 7.47. The van der Waals surface area contributed by atoms with Crippen molar-refractivity contribution in [1.29, 1.82) is 0 Å². The highest BCUT2D eigenvalue weighted by atomic mass is 32.2. The molecule has 0 saturated carbocycles. The van der Waals surface area contributed by atoms with E-state index in [2.05, 4.69) is 10.0 Å². The molecule has 118 valence electrons. The average molecular weight is 312 g/mol. The smallest absolute Gasteiger partial charge is 0.241 e. The molecule has 2 N–H and O–H groups in total. The van der Waals surface area contributed by atoms with Crippen LogP contribution >= 0.6 is 0 Å². The van der Waals surface area contributed by atoms with E-state index in [0.717, 1.165) is 18.5 Å². The van der Waals surface area contributed by atoms with Gasteiger partial charge in [0.2, 0.25) is 10.0 Å². The number of likely N-dealkylation sites (N-methyl/N-ethyl adjacent to an activating group) is 1. The standard InChI is InChI=1S/C15H24N2O3S/c1-12-15(2,9-11-20-12)17-21(18,19)14-6-4-13(5-7-14)8-10-16-3/h4-7,12,16-17H,8-11H2,1-3H3. The van der Waals surface area contributed by atoms with Crippen molar-refractivity contribution in [2.75, 3.05) is 20.2 Å². The summed E-state index contributed by atoms with van der Waals surface area (Å²) in [5.74, 6) is 0. The molecule has 2 unspecified atom stereocenters. The van der Waals surface area contributed by atoms with E-state index in [-0.39, 0.29) is 6.10 Å². The molecular weight excluding hydrogens is 288 g/mol. The number of hydrogen-bond donors (Lipinski definition) is 2. The van der Waals surface area contributed by atoms with Crippen molar-refractivity contribution in [2.45, 2.75) is 43.2 Å². The van der Waals surface area contributed by atoms with Crippen LogP contribution in [0.25, 0.3) is 0 Å². The molecule has 2 atom stereocenters. The molecule has 1 aliphatic heterocycles. The minimum atomic E-state index is -3.52. The lowest BCUT2D eigenvalue weighted by atomic mass is 9.97.